The maximum atomic E-state index is 12.1. The van der Waals surface area contributed by atoms with Crippen molar-refractivity contribution in [3.8, 4) is 0 Å². The molecule has 8 heteroatoms. The van der Waals surface area contributed by atoms with Gasteiger partial charge in [-0.05, 0) is 17.7 Å². The summed E-state index contributed by atoms with van der Waals surface area (Å²) >= 11 is 5.94. The Hall–Kier alpha value is -1.15. The van der Waals surface area contributed by atoms with Crippen LogP contribution in [0.4, 0.5) is 0 Å². The van der Waals surface area contributed by atoms with Crippen molar-refractivity contribution >= 4 is 27.5 Å². The number of carbonyl (C=O) groups is 1. The summed E-state index contributed by atoms with van der Waals surface area (Å²) in [6.07, 6.45) is 0.147. The Labute approximate surface area is 116 Å². The van der Waals surface area contributed by atoms with Crippen LogP contribution in [0, 0.1) is 0 Å². The van der Waals surface area contributed by atoms with Gasteiger partial charge in [-0.15, -0.1) is 0 Å². The van der Waals surface area contributed by atoms with Crippen molar-refractivity contribution in [3.63, 3.8) is 0 Å². The highest BCUT2D eigenvalue weighted by Gasteiger charge is 2.27. The Morgan fingerprint density at radius 2 is 2.21 bits per heavy atom. The molecule has 1 unspecified atom stereocenters. The van der Waals surface area contributed by atoms with Crippen molar-refractivity contribution < 1.29 is 13.2 Å². The lowest BCUT2D eigenvalue weighted by molar-refractivity contribution is -0.119. The highest BCUT2D eigenvalue weighted by molar-refractivity contribution is 7.89. The fraction of sp³-hybridized carbons (Fsp3) is 0.364. The average Bonchev–Trinajstić information content (AvgIpc) is 2.73. The lowest BCUT2D eigenvalue weighted by Crippen LogP contribution is -2.36. The van der Waals surface area contributed by atoms with Gasteiger partial charge in [0.1, 0.15) is 0 Å². The van der Waals surface area contributed by atoms with E-state index in [1.165, 1.54) is 12.1 Å². The first kappa shape index (κ1) is 14.3. The molecule has 0 aromatic heterocycles. The van der Waals surface area contributed by atoms with Crippen LogP contribution in [0.1, 0.15) is 12.0 Å². The van der Waals surface area contributed by atoms with E-state index < -0.39 is 16.1 Å². The predicted octanol–water partition coefficient (Wildman–Crippen LogP) is -0.0345. The summed E-state index contributed by atoms with van der Waals surface area (Å²) in [7, 11) is -3.68. The van der Waals surface area contributed by atoms with E-state index in [0.717, 1.165) is 0 Å². The van der Waals surface area contributed by atoms with Crippen LogP contribution in [-0.4, -0.2) is 26.9 Å². The third kappa shape index (κ3) is 3.24. The first-order chi connectivity index (χ1) is 8.92. The number of benzene rings is 1. The van der Waals surface area contributed by atoms with Crippen molar-refractivity contribution in [2.45, 2.75) is 23.9 Å². The van der Waals surface area contributed by atoms with Crippen LogP contribution in [0.25, 0.3) is 0 Å². The number of rotatable bonds is 4. The molecular weight excluding hydrogens is 290 g/mol. The Morgan fingerprint density at radius 1 is 1.47 bits per heavy atom. The van der Waals surface area contributed by atoms with Gasteiger partial charge in [0.2, 0.25) is 15.9 Å². The number of halogens is 1. The van der Waals surface area contributed by atoms with Crippen molar-refractivity contribution in [2.24, 2.45) is 5.73 Å². The van der Waals surface area contributed by atoms with E-state index in [1.807, 2.05) is 0 Å². The van der Waals surface area contributed by atoms with E-state index in [2.05, 4.69) is 10.0 Å². The molecule has 0 bridgehead atoms. The molecule has 1 aromatic carbocycles. The highest BCUT2D eigenvalue weighted by Crippen LogP contribution is 2.21. The van der Waals surface area contributed by atoms with Crippen LogP contribution in [0.15, 0.2) is 23.1 Å². The first-order valence-corrected chi connectivity index (χ1v) is 7.56. The molecule has 1 saturated heterocycles. The molecule has 1 fully saturated rings. The Kier molecular flexibility index (Phi) is 4.10. The SMILES string of the molecule is NCc1ccc(S(=O)(=O)NC2CNC(=O)C2)cc1Cl. The summed E-state index contributed by atoms with van der Waals surface area (Å²) in [6, 6.07) is 3.96. The number of nitrogens with one attached hydrogen (secondary N) is 2. The van der Waals surface area contributed by atoms with Crippen molar-refractivity contribution in [1.29, 1.82) is 0 Å². The van der Waals surface area contributed by atoms with Crippen molar-refractivity contribution in [3.05, 3.63) is 28.8 Å². The molecule has 1 atom stereocenters. The number of carbonyl (C=O) groups excluding carboxylic acids is 1. The van der Waals surface area contributed by atoms with Gasteiger partial charge in [0.15, 0.2) is 0 Å². The minimum atomic E-state index is -3.68. The van der Waals surface area contributed by atoms with Gasteiger partial charge in [0, 0.05) is 30.6 Å². The van der Waals surface area contributed by atoms with Gasteiger partial charge in [0.05, 0.1) is 4.90 Å². The third-order valence-corrected chi connectivity index (χ3v) is 4.72. The molecule has 1 aliphatic rings. The molecule has 1 aromatic rings. The first-order valence-electron chi connectivity index (χ1n) is 5.70. The fourth-order valence-electron chi connectivity index (χ4n) is 1.84. The second-order valence-electron chi connectivity index (χ2n) is 4.28. The number of hydrogen-bond acceptors (Lipinski definition) is 4. The molecule has 1 heterocycles. The average molecular weight is 304 g/mol. The normalized spacial score (nSPS) is 19.5. The van der Waals surface area contributed by atoms with Gasteiger partial charge >= 0.3 is 0 Å². The molecule has 0 aliphatic carbocycles. The number of sulfonamides is 1. The smallest absolute Gasteiger partial charge is 0.240 e. The second kappa shape index (κ2) is 5.46. The summed E-state index contributed by atoms with van der Waals surface area (Å²) < 4.78 is 26.7. The molecule has 0 radical (unpaired) electrons. The summed E-state index contributed by atoms with van der Waals surface area (Å²) in [4.78, 5) is 11.1. The molecule has 1 aliphatic heterocycles. The zero-order valence-electron chi connectivity index (χ0n) is 10.0. The van der Waals surface area contributed by atoms with Crippen LogP contribution >= 0.6 is 11.6 Å². The monoisotopic (exact) mass is 303 g/mol. The zero-order chi connectivity index (χ0) is 14.0. The topological polar surface area (TPSA) is 101 Å². The van der Waals surface area contributed by atoms with Gasteiger partial charge < -0.3 is 11.1 Å². The third-order valence-electron chi connectivity index (χ3n) is 2.85. The fourth-order valence-corrected chi connectivity index (χ4v) is 3.42. The molecule has 104 valence electrons. The second-order valence-corrected chi connectivity index (χ2v) is 6.40. The maximum absolute atomic E-state index is 12.1. The van der Waals surface area contributed by atoms with E-state index in [1.54, 1.807) is 6.07 Å². The lowest BCUT2D eigenvalue weighted by atomic mass is 10.2. The summed E-state index contributed by atoms with van der Waals surface area (Å²) in [5.41, 5.74) is 6.14. The van der Waals surface area contributed by atoms with Gasteiger partial charge in [-0.2, -0.15) is 0 Å². The van der Waals surface area contributed by atoms with Crippen molar-refractivity contribution in [1.82, 2.24) is 10.0 Å². The Morgan fingerprint density at radius 3 is 2.74 bits per heavy atom. The molecule has 2 rings (SSSR count). The largest absolute Gasteiger partial charge is 0.354 e. The van der Waals surface area contributed by atoms with E-state index in [-0.39, 0.29) is 23.8 Å². The van der Waals surface area contributed by atoms with Crippen molar-refractivity contribution in [2.75, 3.05) is 6.54 Å². The van der Waals surface area contributed by atoms with E-state index >= 15 is 0 Å². The van der Waals surface area contributed by atoms with Gasteiger partial charge in [0.25, 0.3) is 0 Å². The molecule has 6 nitrogen and oxygen atoms in total. The van der Waals surface area contributed by atoms with Gasteiger partial charge in [-0.25, -0.2) is 13.1 Å². The Balaban J connectivity index is 2.19. The van der Waals surface area contributed by atoms with Gasteiger partial charge in [-0.1, -0.05) is 17.7 Å². The van der Waals surface area contributed by atoms with Crippen LogP contribution in [0.5, 0.6) is 0 Å². The highest BCUT2D eigenvalue weighted by atomic mass is 35.5. The quantitative estimate of drug-likeness (QED) is 0.727. The number of amides is 1. The Bertz CT molecular complexity index is 603. The number of nitrogens with two attached hydrogens (primary N) is 1. The molecule has 19 heavy (non-hydrogen) atoms. The molecular formula is C11H14ClN3O3S. The standard InChI is InChI=1S/C11H14ClN3O3S/c12-10-4-9(2-1-7(10)5-13)19(17,18)15-8-3-11(16)14-6-8/h1-2,4,8,15H,3,5-6,13H2,(H,14,16). The van der Waals surface area contributed by atoms with Gasteiger partial charge in [-0.3, -0.25) is 4.79 Å². The van der Waals surface area contributed by atoms with Crippen LogP contribution < -0.4 is 15.8 Å². The number of hydrogen-bond donors (Lipinski definition) is 3. The molecule has 0 spiro atoms. The van der Waals surface area contributed by atoms with E-state index in [4.69, 9.17) is 17.3 Å². The lowest BCUT2D eigenvalue weighted by Gasteiger charge is -2.12. The zero-order valence-corrected chi connectivity index (χ0v) is 11.6. The van der Waals surface area contributed by atoms with Crippen LogP contribution in [-0.2, 0) is 21.4 Å². The van der Waals surface area contributed by atoms with Crippen LogP contribution in [0.2, 0.25) is 5.02 Å². The van der Waals surface area contributed by atoms with E-state index in [0.29, 0.717) is 17.1 Å². The minimum absolute atomic E-state index is 0.0639. The minimum Gasteiger partial charge on any atom is -0.354 e. The van der Waals surface area contributed by atoms with Crippen LogP contribution in [0.3, 0.4) is 0 Å². The molecule has 1 amide bonds. The van der Waals surface area contributed by atoms with E-state index in [9.17, 15) is 13.2 Å². The summed E-state index contributed by atoms with van der Waals surface area (Å²) in [6.45, 7) is 0.542. The molecule has 4 N–H and O–H groups in total. The summed E-state index contributed by atoms with van der Waals surface area (Å²) in [5, 5.41) is 2.88. The maximum Gasteiger partial charge on any atom is 0.240 e. The summed E-state index contributed by atoms with van der Waals surface area (Å²) in [5.74, 6) is -0.163. The molecule has 0 saturated carbocycles. The predicted molar refractivity (Wildman–Crippen MR) is 71.1 cm³/mol.